The molecule has 0 radical (unpaired) electrons. The number of para-hydroxylation sites is 1. The zero-order chi connectivity index (χ0) is 26.1. The molecule has 4 heterocycles. The lowest BCUT2D eigenvalue weighted by molar-refractivity contribution is -0.160. The Labute approximate surface area is 220 Å². The van der Waals surface area contributed by atoms with Gasteiger partial charge in [0.15, 0.2) is 0 Å². The minimum absolute atomic E-state index is 0.0172. The molecular formula is C28H29FN6O3. The van der Waals surface area contributed by atoms with E-state index in [2.05, 4.69) is 10.3 Å². The van der Waals surface area contributed by atoms with Crippen molar-refractivity contribution in [2.45, 2.75) is 30.8 Å². The van der Waals surface area contributed by atoms with Gasteiger partial charge in [-0.15, -0.1) is 0 Å². The van der Waals surface area contributed by atoms with E-state index < -0.39 is 18.0 Å². The highest BCUT2D eigenvalue weighted by molar-refractivity contribution is 5.89. The minimum atomic E-state index is -0.661. The Kier molecular flexibility index (Phi) is 6.73. The van der Waals surface area contributed by atoms with Crippen LogP contribution in [0.2, 0.25) is 0 Å². The quantitative estimate of drug-likeness (QED) is 0.558. The largest absolute Gasteiger partial charge is 0.424 e. The fourth-order valence-electron chi connectivity index (χ4n) is 5.66. The van der Waals surface area contributed by atoms with Crippen LogP contribution in [0.3, 0.4) is 0 Å². The zero-order valence-corrected chi connectivity index (χ0v) is 20.9. The first-order valence-corrected chi connectivity index (χ1v) is 13.0. The Balaban J connectivity index is 1.41. The van der Waals surface area contributed by atoms with E-state index in [9.17, 15) is 14.0 Å². The molecule has 1 N–H and O–H groups in total. The molecule has 196 valence electrons. The summed E-state index contributed by atoms with van der Waals surface area (Å²) in [5, 5.41) is 6.90. The predicted molar refractivity (Wildman–Crippen MR) is 136 cm³/mol. The van der Waals surface area contributed by atoms with E-state index in [1.165, 1.54) is 12.1 Å². The highest BCUT2D eigenvalue weighted by Gasteiger charge is 2.54. The fourth-order valence-corrected chi connectivity index (χ4v) is 5.66. The van der Waals surface area contributed by atoms with Gasteiger partial charge in [-0.25, -0.2) is 9.37 Å². The Bertz CT molecular complexity index is 1300. The number of carbonyl (C=O) groups is 2. The number of aromatic nitrogens is 2. The Hall–Kier alpha value is -3.89. The number of halogens is 1. The fraction of sp³-hybridized carbons (Fsp3) is 0.357. The number of amides is 2. The summed E-state index contributed by atoms with van der Waals surface area (Å²) in [6.07, 6.45) is 2.96. The van der Waals surface area contributed by atoms with Crippen LogP contribution in [0.25, 0.3) is 0 Å². The highest BCUT2D eigenvalue weighted by Crippen LogP contribution is 2.47. The maximum absolute atomic E-state index is 13.9. The molecule has 3 atom stereocenters. The van der Waals surface area contributed by atoms with Crippen LogP contribution >= 0.6 is 0 Å². The van der Waals surface area contributed by atoms with Gasteiger partial charge in [0.05, 0.1) is 17.7 Å². The van der Waals surface area contributed by atoms with Gasteiger partial charge in [0.2, 0.25) is 11.8 Å². The molecular weight excluding hydrogens is 487 g/mol. The van der Waals surface area contributed by atoms with Gasteiger partial charge in [-0.1, -0.05) is 30.3 Å². The van der Waals surface area contributed by atoms with E-state index >= 15 is 0 Å². The normalized spacial score (nSPS) is 23.8. The first-order valence-electron chi connectivity index (χ1n) is 13.0. The van der Waals surface area contributed by atoms with Crippen LogP contribution in [0.15, 0.2) is 66.9 Å². The summed E-state index contributed by atoms with van der Waals surface area (Å²) >= 11 is 0. The van der Waals surface area contributed by atoms with Crippen molar-refractivity contribution in [2.24, 2.45) is 0 Å². The molecule has 2 amide bonds. The molecule has 0 bridgehead atoms. The second-order valence-electron chi connectivity index (χ2n) is 9.73. The van der Waals surface area contributed by atoms with Crippen LogP contribution in [0.5, 0.6) is 11.8 Å². The third kappa shape index (κ3) is 4.61. The van der Waals surface area contributed by atoms with Gasteiger partial charge in [-0.05, 0) is 48.7 Å². The molecule has 0 saturated carbocycles. The summed E-state index contributed by atoms with van der Waals surface area (Å²) in [5.74, 6) is -0.548. The second-order valence-corrected chi connectivity index (χ2v) is 9.73. The van der Waals surface area contributed by atoms with Gasteiger partial charge < -0.3 is 15.0 Å². The number of piperazine rings is 1. The maximum atomic E-state index is 13.9. The van der Waals surface area contributed by atoms with Gasteiger partial charge in [0.25, 0.3) is 0 Å². The summed E-state index contributed by atoms with van der Waals surface area (Å²) in [5.41, 5.74) is 1.24. The third-order valence-corrected chi connectivity index (χ3v) is 7.42. The summed E-state index contributed by atoms with van der Waals surface area (Å²) in [4.78, 5) is 38.6. The number of hydrogen-bond donors (Lipinski definition) is 1. The van der Waals surface area contributed by atoms with E-state index in [1.54, 1.807) is 29.4 Å². The molecule has 0 aliphatic carbocycles. The number of nitrogens with zero attached hydrogens (tertiary/aromatic N) is 5. The molecule has 9 nitrogen and oxygen atoms in total. The number of hydrogen-bond acceptors (Lipinski definition) is 7. The third-order valence-electron chi connectivity index (χ3n) is 7.42. The van der Waals surface area contributed by atoms with Crippen molar-refractivity contribution >= 4 is 11.8 Å². The van der Waals surface area contributed by atoms with Gasteiger partial charge in [-0.3, -0.25) is 14.6 Å². The maximum Gasteiger partial charge on any atom is 0.322 e. The van der Waals surface area contributed by atoms with Crippen molar-refractivity contribution in [1.29, 1.82) is 0 Å². The molecule has 3 fully saturated rings. The molecule has 10 heteroatoms. The standard InChI is InChI=1S/C28H29FN6O3/c29-20-10-8-19(9-11-20)24-25(22-12-13-31-28(32-22)38-21-5-2-1-3-6-21)35-23(7-4-16-34(35)27(24)37)26(36)33-17-14-30-15-18-33/h1-3,5-6,8-13,23-25,30H,4,7,14-18H2. The van der Waals surface area contributed by atoms with Crippen molar-refractivity contribution in [3.8, 4) is 11.8 Å². The molecule has 3 aliphatic heterocycles. The number of hydrazine groups is 1. The van der Waals surface area contributed by atoms with E-state index in [4.69, 9.17) is 9.72 Å². The summed E-state index contributed by atoms with van der Waals surface area (Å²) in [6.45, 7) is 3.26. The number of ether oxygens (including phenoxy) is 1. The lowest BCUT2D eigenvalue weighted by atomic mass is 9.89. The van der Waals surface area contributed by atoms with Crippen LogP contribution in [0.4, 0.5) is 4.39 Å². The molecule has 38 heavy (non-hydrogen) atoms. The Morgan fingerprint density at radius 1 is 1.00 bits per heavy atom. The van der Waals surface area contributed by atoms with Crippen LogP contribution in [0, 0.1) is 5.82 Å². The van der Waals surface area contributed by atoms with Gasteiger partial charge in [0.1, 0.15) is 17.6 Å². The van der Waals surface area contributed by atoms with Gasteiger partial charge >= 0.3 is 6.01 Å². The van der Waals surface area contributed by atoms with E-state index in [0.29, 0.717) is 43.1 Å². The second kappa shape index (κ2) is 10.5. The predicted octanol–water partition coefficient (Wildman–Crippen LogP) is 2.89. The number of benzene rings is 2. The van der Waals surface area contributed by atoms with E-state index in [1.807, 2.05) is 40.2 Å². The minimum Gasteiger partial charge on any atom is -0.424 e. The average molecular weight is 517 g/mol. The SMILES string of the molecule is O=C(C1CCCN2C(=O)C(c3ccc(F)cc3)C(c3ccnc(Oc4ccccc4)n3)N12)N1CCNCC1. The number of carbonyl (C=O) groups excluding carboxylic acids is 2. The van der Waals surface area contributed by atoms with Crippen molar-refractivity contribution < 1.29 is 18.7 Å². The average Bonchev–Trinajstić information content (AvgIpc) is 3.26. The Morgan fingerprint density at radius 2 is 1.76 bits per heavy atom. The van der Waals surface area contributed by atoms with Crippen LogP contribution < -0.4 is 10.1 Å². The number of fused-ring (bicyclic) bond motifs is 1. The summed E-state index contributed by atoms with van der Waals surface area (Å²) < 4.78 is 19.7. The summed E-state index contributed by atoms with van der Waals surface area (Å²) in [7, 11) is 0. The molecule has 0 spiro atoms. The summed E-state index contributed by atoms with van der Waals surface area (Å²) in [6, 6.07) is 16.1. The molecule has 3 saturated heterocycles. The van der Waals surface area contributed by atoms with Crippen molar-refractivity contribution in [2.75, 3.05) is 32.7 Å². The molecule has 3 aliphatic rings. The van der Waals surface area contributed by atoms with Crippen LogP contribution in [0.1, 0.15) is 36.1 Å². The monoisotopic (exact) mass is 516 g/mol. The van der Waals surface area contributed by atoms with E-state index in [0.717, 1.165) is 19.5 Å². The van der Waals surface area contributed by atoms with E-state index in [-0.39, 0.29) is 23.6 Å². The first-order chi connectivity index (χ1) is 18.6. The highest BCUT2D eigenvalue weighted by atomic mass is 19.1. The molecule has 1 aromatic heterocycles. The van der Waals surface area contributed by atoms with Gasteiger partial charge in [0, 0.05) is 38.9 Å². The van der Waals surface area contributed by atoms with Crippen LogP contribution in [-0.2, 0) is 9.59 Å². The lowest BCUT2D eigenvalue weighted by Gasteiger charge is -2.43. The van der Waals surface area contributed by atoms with Crippen molar-refractivity contribution in [3.05, 3.63) is 83.9 Å². The van der Waals surface area contributed by atoms with Crippen LogP contribution in [-0.4, -0.2) is 75.5 Å². The van der Waals surface area contributed by atoms with Crippen molar-refractivity contribution in [1.82, 2.24) is 30.2 Å². The molecule has 2 aromatic carbocycles. The van der Waals surface area contributed by atoms with Crippen molar-refractivity contribution in [3.63, 3.8) is 0 Å². The topological polar surface area (TPSA) is 90.9 Å². The number of nitrogens with one attached hydrogen (secondary N) is 1. The zero-order valence-electron chi connectivity index (χ0n) is 20.9. The Morgan fingerprint density at radius 3 is 2.53 bits per heavy atom. The first kappa shape index (κ1) is 24.4. The molecule has 3 unspecified atom stereocenters. The van der Waals surface area contributed by atoms with Gasteiger partial charge in [-0.2, -0.15) is 9.99 Å². The smallest absolute Gasteiger partial charge is 0.322 e. The number of rotatable bonds is 5. The molecule has 6 rings (SSSR count). The molecule has 3 aromatic rings. The lowest BCUT2D eigenvalue weighted by Crippen LogP contribution is -2.59.